The van der Waals surface area contributed by atoms with Crippen LogP contribution in [0.5, 0.6) is 0 Å². The topological polar surface area (TPSA) is 0 Å². The second-order valence-corrected chi connectivity index (χ2v) is 2.59. The molecule has 0 fully saturated rings. The van der Waals surface area contributed by atoms with Crippen molar-refractivity contribution in [3.63, 3.8) is 0 Å². The van der Waals surface area contributed by atoms with Gasteiger partial charge >= 0.3 is 0 Å². The Hall–Kier alpha value is -0.680. The number of halogens is 6. The van der Waals surface area contributed by atoms with Crippen LogP contribution in [0.3, 0.4) is 0 Å². The van der Waals surface area contributed by atoms with Gasteiger partial charge in [0.15, 0.2) is 0 Å². The van der Waals surface area contributed by atoms with E-state index in [1.807, 2.05) is 0 Å². The highest BCUT2D eigenvalue weighted by Crippen LogP contribution is 2.35. The van der Waals surface area contributed by atoms with Crippen LogP contribution in [-0.4, -0.2) is 18.3 Å². The average Bonchev–Trinajstić information content (AvgIpc) is 1.81. The van der Waals surface area contributed by atoms with Crippen molar-refractivity contribution in [1.82, 2.24) is 0 Å². The van der Waals surface area contributed by atoms with Crippen molar-refractivity contribution < 1.29 is 26.3 Å². The maximum absolute atomic E-state index is 12.3. The summed E-state index contributed by atoms with van der Waals surface area (Å²) in [4.78, 5) is 0. The summed E-state index contributed by atoms with van der Waals surface area (Å²) >= 11 is 0. The van der Waals surface area contributed by atoms with E-state index < -0.39 is 31.1 Å². The summed E-state index contributed by atoms with van der Waals surface area (Å²) in [5, 5.41) is 0. The first-order chi connectivity index (χ1) is 5.68. The van der Waals surface area contributed by atoms with Crippen molar-refractivity contribution in [1.29, 1.82) is 0 Å². The fourth-order valence-corrected chi connectivity index (χ4v) is 0.715. The molecule has 0 aliphatic heterocycles. The molecule has 0 heterocycles. The van der Waals surface area contributed by atoms with Gasteiger partial charge in [-0.15, -0.1) is 0 Å². The smallest absolute Gasteiger partial charge is 0.210 e. The van der Waals surface area contributed by atoms with E-state index in [0.717, 1.165) is 0 Å². The molecule has 0 nitrogen and oxygen atoms in total. The van der Waals surface area contributed by atoms with Gasteiger partial charge in [0, 0.05) is 0 Å². The maximum Gasteiger partial charge on any atom is 0.271 e. The van der Waals surface area contributed by atoms with Crippen molar-refractivity contribution in [3.05, 3.63) is 12.7 Å². The summed E-state index contributed by atoms with van der Waals surface area (Å²) in [5.74, 6) is -7.87. The zero-order chi connectivity index (χ0) is 10.7. The van der Waals surface area contributed by atoms with E-state index in [-0.39, 0.29) is 6.08 Å². The summed E-state index contributed by atoms with van der Waals surface area (Å²) < 4.78 is 72.1. The van der Waals surface area contributed by atoms with Crippen LogP contribution in [0.15, 0.2) is 12.7 Å². The van der Waals surface area contributed by atoms with Gasteiger partial charge in [0.1, 0.15) is 0 Å². The van der Waals surface area contributed by atoms with Gasteiger partial charge in [-0.1, -0.05) is 6.58 Å². The molecule has 78 valence electrons. The fourth-order valence-electron chi connectivity index (χ4n) is 0.715. The Morgan fingerprint density at radius 3 is 1.92 bits per heavy atom. The predicted octanol–water partition coefficient (Wildman–Crippen LogP) is 3.49. The Kier molecular flexibility index (Phi) is 3.81. The fraction of sp³-hybridized carbons (Fsp3) is 0.714. The molecule has 0 aliphatic carbocycles. The number of allylic oxidation sites excluding steroid dienone is 1. The zero-order valence-corrected chi connectivity index (χ0v) is 6.54. The standard InChI is InChI=1S/C7H8F6/c1-2-6(10,11)4-7(12,13)3-5(8)9/h2,5H,1,3-4H2. The van der Waals surface area contributed by atoms with Gasteiger partial charge < -0.3 is 0 Å². The van der Waals surface area contributed by atoms with Crippen molar-refractivity contribution >= 4 is 0 Å². The van der Waals surface area contributed by atoms with Gasteiger partial charge in [-0.25, -0.2) is 26.3 Å². The van der Waals surface area contributed by atoms with Crippen LogP contribution in [0.1, 0.15) is 12.8 Å². The second kappa shape index (κ2) is 4.02. The van der Waals surface area contributed by atoms with Crippen LogP contribution in [0.2, 0.25) is 0 Å². The Morgan fingerprint density at radius 2 is 1.62 bits per heavy atom. The van der Waals surface area contributed by atoms with Gasteiger partial charge in [0.2, 0.25) is 6.43 Å². The lowest BCUT2D eigenvalue weighted by Gasteiger charge is -2.20. The highest BCUT2D eigenvalue weighted by molar-refractivity contribution is 4.91. The molecule has 0 radical (unpaired) electrons. The van der Waals surface area contributed by atoms with Gasteiger partial charge in [-0.3, -0.25) is 0 Å². The molecule has 0 rings (SSSR count). The Labute approximate surface area is 71.2 Å². The Morgan fingerprint density at radius 1 is 1.15 bits per heavy atom. The quantitative estimate of drug-likeness (QED) is 0.477. The summed E-state index contributed by atoms with van der Waals surface area (Å²) in [6, 6.07) is 0. The van der Waals surface area contributed by atoms with E-state index in [2.05, 4.69) is 6.58 Å². The van der Waals surface area contributed by atoms with E-state index in [1.54, 1.807) is 0 Å². The first kappa shape index (κ1) is 12.3. The van der Waals surface area contributed by atoms with Crippen LogP contribution in [-0.2, 0) is 0 Å². The van der Waals surface area contributed by atoms with E-state index >= 15 is 0 Å². The average molecular weight is 206 g/mol. The van der Waals surface area contributed by atoms with E-state index in [0.29, 0.717) is 0 Å². The lowest BCUT2D eigenvalue weighted by atomic mass is 10.1. The lowest BCUT2D eigenvalue weighted by molar-refractivity contribution is -0.112. The summed E-state index contributed by atoms with van der Waals surface area (Å²) in [6.07, 6.45) is -7.05. The number of hydrogen-bond donors (Lipinski definition) is 0. The van der Waals surface area contributed by atoms with Gasteiger partial charge in [-0.2, -0.15) is 0 Å². The molecule has 6 heteroatoms. The largest absolute Gasteiger partial charge is 0.271 e. The molecule has 0 aromatic heterocycles. The van der Waals surface area contributed by atoms with Crippen molar-refractivity contribution in [3.8, 4) is 0 Å². The third-order valence-corrected chi connectivity index (χ3v) is 1.25. The molecule has 0 aliphatic rings. The van der Waals surface area contributed by atoms with E-state index in [4.69, 9.17) is 0 Å². The summed E-state index contributed by atoms with van der Waals surface area (Å²) in [5.41, 5.74) is 0. The van der Waals surface area contributed by atoms with Crippen molar-refractivity contribution in [2.75, 3.05) is 0 Å². The highest BCUT2D eigenvalue weighted by Gasteiger charge is 2.42. The second-order valence-electron chi connectivity index (χ2n) is 2.59. The molecule has 0 spiro atoms. The van der Waals surface area contributed by atoms with E-state index in [1.165, 1.54) is 0 Å². The molecule has 0 saturated carbocycles. The zero-order valence-electron chi connectivity index (χ0n) is 6.54. The Bertz CT molecular complexity index is 174. The van der Waals surface area contributed by atoms with Gasteiger partial charge in [0.25, 0.3) is 11.8 Å². The van der Waals surface area contributed by atoms with E-state index in [9.17, 15) is 26.3 Å². The summed E-state index contributed by atoms with van der Waals surface area (Å²) in [6.45, 7) is 2.62. The lowest BCUT2D eigenvalue weighted by Crippen LogP contribution is -2.29. The third-order valence-electron chi connectivity index (χ3n) is 1.25. The first-order valence-electron chi connectivity index (χ1n) is 3.36. The first-order valence-corrected chi connectivity index (χ1v) is 3.36. The van der Waals surface area contributed by atoms with Crippen LogP contribution in [0.4, 0.5) is 26.3 Å². The molecule has 0 amide bonds. The minimum absolute atomic E-state index is 0.0202. The molecule has 0 atom stereocenters. The SMILES string of the molecule is C=CC(F)(F)CC(F)(F)CC(F)F. The predicted molar refractivity (Wildman–Crippen MR) is 35.3 cm³/mol. The molecule has 0 aromatic carbocycles. The normalized spacial score (nSPS) is 13.5. The molecule has 0 bridgehead atoms. The van der Waals surface area contributed by atoms with Crippen LogP contribution >= 0.6 is 0 Å². The van der Waals surface area contributed by atoms with Crippen LogP contribution in [0.25, 0.3) is 0 Å². The molecule has 13 heavy (non-hydrogen) atoms. The monoisotopic (exact) mass is 206 g/mol. The maximum atomic E-state index is 12.3. The molecule has 0 aromatic rings. The molecule has 0 N–H and O–H groups in total. The van der Waals surface area contributed by atoms with Gasteiger partial charge in [0.05, 0.1) is 12.8 Å². The minimum Gasteiger partial charge on any atom is -0.210 e. The highest BCUT2D eigenvalue weighted by atomic mass is 19.3. The minimum atomic E-state index is -4.06. The molecular weight excluding hydrogens is 198 g/mol. The number of rotatable bonds is 5. The third kappa shape index (κ3) is 5.54. The molecule has 0 unspecified atom stereocenters. The van der Waals surface area contributed by atoms with Crippen molar-refractivity contribution in [2.24, 2.45) is 0 Å². The van der Waals surface area contributed by atoms with Crippen LogP contribution in [0, 0.1) is 0 Å². The molecule has 0 saturated heterocycles. The Balaban J connectivity index is 4.23. The van der Waals surface area contributed by atoms with Crippen LogP contribution < -0.4 is 0 Å². The summed E-state index contributed by atoms with van der Waals surface area (Å²) in [7, 11) is 0. The van der Waals surface area contributed by atoms with Crippen molar-refractivity contribution in [2.45, 2.75) is 31.1 Å². The molecular formula is C7H8F6. The van der Waals surface area contributed by atoms with Gasteiger partial charge in [-0.05, 0) is 6.08 Å². The number of hydrogen-bond acceptors (Lipinski definition) is 0. The number of alkyl halides is 6.